The first-order valence-electron chi connectivity index (χ1n) is 3.97. The van der Waals surface area contributed by atoms with Crippen LogP contribution >= 0.6 is 0 Å². The number of anilines is 1. The average molecular weight is 242 g/mol. The van der Waals surface area contributed by atoms with Crippen LogP contribution in [0.15, 0.2) is 6.07 Å². The highest BCUT2D eigenvalue weighted by molar-refractivity contribution is 5.53. The van der Waals surface area contributed by atoms with Gasteiger partial charge < -0.3 is 10.5 Å². The minimum absolute atomic E-state index is 0.351. The van der Waals surface area contributed by atoms with E-state index in [0.717, 1.165) is 7.11 Å². The third-order valence-electron chi connectivity index (χ3n) is 1.76. The molecule has 0 fully saturated rings. The largest absolute Gasteiger partial charge is 0.481 e. The molecule has 0 aromatic carbocycles. The van der Waals surface area contributed by atoms with Crippen LogP contribution in [-0.2, 0) is 6.18 Å². The lowest BCUT2D eigenvalue weighted by Crippen LogP contribution is -2.12. The van der Waals surface area contributed by atoms with Gasteiger partial charge in [-0.1, -0.05) is 0 Å². The molecule has 1 aromatic rings. The first-order chi connectivity index (χ1) is 7.27. The number of nitrogen functional groups attached to an aromatic ring is 1. The number of rotatable bonds is 2. The lowest BCUT2D eigenvalue weighted by molar-refractivity contribution is -0.141. The molecule has 90 valence electrons. The van der Waals surface area contributed by atoms with Gasteiger partial charge in [0.15, 0.2) is 5.69 Å². The monoisotopic (exact) mass is 242 g/mol. The van der Waals surface area contributed by atoms with Crippen LogP contribution in [0.2, 0.25) is 0 Å². The first kappa shape index (κ1) is 12.5. The normalized spacial score (nSPS) is 11.9. The molecule has 16 heavy (non-hydrogen) atoms. The zero-order chi connectivity index (χ0) is 12.5. The second kappa shape index (κ2) is 4.11. The maximum absolute atomic E-state index is 12.4. The van der Waals surface area contributed by atoms with E-state index in [1.807, 2.05) is 0 Å². The summed E-state index contributed by atoms with van der Waals surface area (Å²) in [5.41, 5.74) is 2.19. The summed E-state index contributed by atoms with van der Waals surface area (Å²) in [6, 6.07) is 0.351. The molecule has 0 bridgehead atoms. The molecule has 0 aliphatic heterocycles. The second-order valence-corrected chi connectivity index (χ2v) is 2.82. The van der Waals surface area contributed by atoms with Crippen molar-refractivity contribution in [3.63, 3.8) is 0 Å². The first-order valence-corrected chi connectivity index (χ1v) is 3.97. The van der Waals surface area contributed by atoms with E-state index in [-0.39, 0.29) is 0 Å². The highest BCUT2D eigenvalue weighted by Crippen LogP contribution is 2.37. The topological polar surface area (TPSA) is 48.1 Å². The van der Waals surface area contributed by atoms with Crippen LogP contribution in [0, 0.1) is 0 Å². The summed E-state index contributed by atoms with van der Waals surface area (Å²) < 4.78 is 66.0. The average Bonchev–Trinajstić information content (AvgIpc) is 2.14. The highest BCUT2D eigenvalue weighted by Gasteiger charge is 2.35. The predicted octanol–water partition coefficient (Wildman–Crippen LogP) is 2.63. The van der Waals surface area contributed by atoms with E-state index in [1.54, 1.807) is 0 Å². The predicted molar refractivity (Wildman–Crippen MR) is 45.2 cm³/mol. The molecule has 0 radical (unpaired) electrons. The second-order valence-electron chi connectivity index (χ2n) is 2.82. The SMILES string of the molecule is COc1nc(C(F)(F)F)cc(N)c1C(F)F. The molecule has 0 atom stereocenters. The molecule has 0 aliphatic carbocycles. The van der Waals surface area contributed by atoms with Gasteiger partial charge in [0.2, 0.25) is 5.88 Å². The lowest BCUT2D eigenvalue weighted by atomic mass is 10.2. The smallest absolute Gasteiger partial charge is 0.433 e. The molecule has 0 unspecified atom stereocenters. The Bertz CT molecular complexity index is 391. The van der Waals surface area contributed by atoms with Gasteiger partial charge in [0, 0.05) is 5.69 Å². The molecule has 0 aliphatic rings. The number of pyridine rings is 1. The number of halogens is 5. The summed E-state index contributed by atoms with van der Waals surface area (Å²) in [6.45, 7) is 0. The van der Waals surface area contributed by atoms with Crippen molar-refractivity contribution < 1.29 is 26.7 Å². The summed E-state index contributed by atoms with van der Waals surface area (Å²) in [5, 5.41) is 0. The Morgan fingerprint density at radius 3 is 2.31 bits per heavy atom. The molecule has 1 rings (SSSR count). The summed E-state index contributed by atoms with van der Waals surface area (Å²) in [5.74, 6) is -0.817. The Hall–Kier alpha value is -1.60. The zero-order valence-electron chi connectivity index (χ0n) is 7.98. The summed E-state index contributed by atoms with van der Waals surface area (Å²) in [6.07, 6.45) is -7.81. The van der Waals surface area contributed by atoms with Crippen LogP contribution in [0.1, 0.15) is 17.7 Å². The Morgan fingerprint density at radius 2 is 1.94 bits per heavy atom. The number of hydrogen-bond donors (Lipinski definition) is 1. The van der Waals surface area contributed by atoms with Crippen molar-refractivity contribution in [3.8, 4) is 5.88 Å². The van der Waals surface area contributed by atoms with E-state index in [4.69, 9.17) is 5.73 Å². The Morgan fingerprint density at radius 1 is 1.38 bits per heavy atom. The van der Waals surface area contributed by atoms with Gasteiger partial charge in [0.05, 0.1) is 7.11 Å². The lowest BCUT2D eigenvalue weighted by Gasteiger charge is -2.13. The van der Waals surface area contributed by atoms with Gasteiger partial charge in [0.1, 0.15) is 5.56 Å². The zero-order valence-corrected chi connectivity index (χ0v) is 7.98. The van der Waals surface area contributed by atoms with Crippen molar-refractivity contribution in [3.05, 3.63) is 17.3 Å². The van der Waals surface area contributed by atoms with Gasteiger partial charge in [-0.3, -0.25) is 0 Å². The van der Waals surface area contributed by atoms with Crippen molar-refractivity contribution in [1.82, 2.24) is 4.98 Å². The summed E-state index contributed by atoms with van der Waals surface area (Å²) >= 11 is 0. The number of nitrogens with zero attached hydrogens (tertiary/aromatic N) is 1. The summed E-state index contributed by atoms with van der Waals surface area (Å²) in [4.78, 5) is 2.94. The maximum Gasteiger partial charge on any atom is 0.433 e. The molecule has 8 heteroatoms. The molecule has 0 spiro atoms. The minimum Gasteiger partial charge on any atom is -0.481 e. The van der Waals surface area contributed by atoms with Crippen LogP contribution in [0.25, 0.3) is 0 Å². The quantitative estimate of drug-likeness (QED) is 0.811. The Labute approximate surface area is 87.0 Å². The fourth-order valence-electron chi connectivity index (χ4n) is 1.07. The Balaban J connectivity index is 3.38. The summed E-state index contributed by atoms with van der Waals surface area (Å²) in [7, 11) is 0.938. The fourth-order valence-corrected chi connectivity index (χ4v) is 1.07. The molecule has 1 heterocycles. The molecular weight excluding hydrogens is 235 g/mol. The van der Waals surface area contributed by atoms with E-state index in [2.05, 4.69) is 9.72 Å². The molecule has 2 N–H and O–H groups in total. The van der Waals surface area contributed by atoms with E-state index in [9.17, 15) is 22.0 Å². The fraction of sp³-hybridized carbons (Fsp3) is 0.375. The van der Waals surface area contributed by atoms with Crippen molar-refractivity contribution in [2.45, 2.75) is 12.6 Å². The van der Waals surface area contributed by atoms with E-state index in [1.165, 1.54) is 0 Å². The standard InChI is InChI=1S/C8H7F5N2O/c1-16-7-5(6(9)10)3(14)2-4(15-7)8(11,12)13/h2,6H,1H3,(H2,14,15). The van der Waals surface area contributed by atoms with Crippen LogP contribution in [0.3, 0.4) is 0 Å². The van der Waals surface area contributed by atoms with E-state index < -0.39 is 35.4 Å². The van der Waals surface area contributed by atoms with Crippen molar-refractivity contribution in [2.75, 3.05) is 12.8 Å². The van der Waals surface area contributed by atoms with Crippen molar-refractivity contribution in [2.24, 2.45) is 0 Å². The Kier molecular flexibility index (Phi) is 3.20. The number of aromatic nitrogens is 1. The van der Waals surface area contributed by atoms with Gasteiger partial charge in [-0.05, 0) is 6.07 Å². The minimum atomic E-state index is -4.76. The number of nitrogens with two attached hydrogens (primary N) is 1. The highest BCUT2D eigenvalue weighted by atomic mass is 19.4. The van der Waals surface area contributed by atoms with Gasteiger partial charge >= 0.3 is 6.18 Å². The molecule has 0 saturated heterocycles. The van der Waals surface area contributed by atoms with Crippen molar-refractivity contribution in [1.29, 1.82) is 0 Å². The van der Waals surface area contributed by atoms with Crippen molar-refractivity contribution >= 4 is 5.69 Å². The third kappa shape index (κ3) is 2.31. The number of hydrogen-bond acceptors (Lipinski definition) is 3. The van der Waals surface area contributed by atoms with E-state index >= 15 is 0 Å². The molecule has 0 saturated carbocycles. The van der Waals surface area contributed by atoms with E-state index in [0.29, 0.717) is 6.07 Å². The van der Waals surface area contributed by atoms with Gasteiger partial charge in [0.25, 0.3) is 6.43 Å². The number of alkyl halides is 5. The van der Waals surface area contributed by atoms with Crippen LogP contribution in [0.5, 0.6) is 5.88 Å². The number of ether oxygens (including phenoxy) is 1. The molecular formula is C8H7F5N2O. The third-order valence-corrected chi connectivity index (χ3v) is 1.76. The molecule has 3 nitrogen and oxygen atoms in total. The van der Waals surface area contributed by atoms with Gasteiger partial charge in [-0.15, -0.1) is 0 Å². The maximum atomic E-state index is 12.4. The molecule has 1 aromatic heterocycles. The van der Waals surface area contributed by atoms with Crippen LogP contribution < -0.4 is 10.5 Å². The van der Waals surface area contributed by atoms with Crippen LogP contribution in [-0.4, -0.2) is 12.1 Å². The van der Waals surface area contributed by atoms with Crippen LogP contribution in [0.4, 0.5) is 27.6 Å². The molecule has 0 amide bonds. The van der Waals surface area contributed by atoms with Gasteiger partial charge in [-0.25, -0.2) is 13.8 Å². The van der Waals surface area contributed by atoms with Gasteiger partial charge in [-0.2, -0.15) is 13.2 Å². The number of methoxy groups -OCH3 is 1.